The molecule has 1 amide bonds. The Balaban J connectivity index is 3.46. The van der Waals surface area contributed by atoms with Gasteiger partial charge in [-0.3, -0.25) is 4.79 Å². The number of carbonyl (C=O) groups is 1. The lowest BCUT2D eigenvalue weighted by molar-refractivity contribution is -0.139. The summed E-state index contributed by atoms with van der Waals surface area (Å²) in [7, 11) is 0. The van der Waals surface area contributed by atoms with Gasteiger partial charge < -0.3 is 10.5 Å². The molecule has 2 N–H and O–H groups in total. The van der Waals surface area contributed by atoms with Gasteiger partial charge in [-0.25, -0.2) is 0 Å². The fourth-order valence-corrected chi connectivity index (χ4v) is 0.927. The maximum absolute atomic E-state index is 10.8. The minimum atomic E-state index is -0.813. The Bertz CT molecular complexity index is 155. The molecule has 0 aliphatic rings. The van der Waals surface area contributed by atoms with Crippen molar-refractivity contribution in [3.8, 4) is 0 Å². The molecule has 0 aromatic carbocycles. The lowest BCUT2D eigenvalue weighted by atomic mass is 10.1. The molecule has 3 heteroatoms. The summed E-state index contributed by atoms with van der Waals surface area (Å²) in [4.78, 5) is 10.8. The fourth-order valence-electron chi connectivity index (χ4n) is 0.927. The summed E-state index contributed by atoms with van der Waals surface area (Å²) in [6.45, 7) is 6.19. The molecule has 0 bridgehead atoms. The highest BCUT2D eigenvalue weighted by Gasteiger charge is 2.24. The number of hydrogen-bond donors (Lipinski definition) is 1. The van der Waals surface area contributed by atoms with Crippen LogP contribution in [-0.4, -0.2) is 18.1 Å². The second kappa shape index (κ2) is 5.97. The largest absolute Gasteiger partial charge is 0.367 e. The Morgan fingerprint density at radius 2 is 1.92 bits per heavy atom. The highest BCUT2D eigenvalue weighted by Crippen LogP contribution is 2.09. The number of unbranched alkanes of at least 4 members (excludes halogenated alkanes) is 3. The van der Waals surface area contributed by atoms with Crippen molar-refractivity contribution in [1.29, 1.82) is 0 Å². The van der Waals surface area contributed by atoms with E-state index in [1.165, 1.54) is 12.8 Å². The zero-order valence-electron chi connectivity index (χ0n) is 8.93. The molecule has 0 rings (SSSR count). The van der Waals surface area contributed by atoms with Crippen LogP contribution < -0.4 is 5.73 Å². The number of ether oxygens (including phenoxy) is 1. The first-order chi connectivity index (χ1) is 6.00. The summed E-state index contributed by atoms with van der Waals surface area (Å²) in [5.74, 6) is -0.400. The number of rotatable bonds is 7. The van der Waals surface area contributed by atoms with E-state index in [2.05, 4.69) is 6.92 Å². The van der Waals surface area contributed by atoms with E-state index >= 15 is 0 Å². The standard InChI is InChI=1S/C10H21NO2/c1-4-5-6-7-8-13-10(2,3)9(11)12/h4-8H2,1-3H3,(H2,11,12). The topological polar surface area (TPSA) is 52.3 Å². The first-order valence-electron chi connectivity index (χ1n) is 4.94. The zero-order chi connectivity index (χ0) is 10.3. The van der Waals surface area contributed by atoms with E-state index < -0.39 is 11.5 Å². The molecule has 0 fully saturated rings. The number of carbonyl (C=O) groups excluding carboxylic acids is 1. The molecule has 0 unspecified atom stereocenters. The molecular weight excluding hydrogens is 166 g/mol. The average Bonchev–Trinajstić information content (AvgIpc) is 2.03. The van der Waals surface area contributed by atoms with E-state index in [-0.39, 0.29) is 0 Å². The third-order valence-corrected chi connectivity index (χ3v) is 2.05. The molecule has 0 aliphatic heterocycles. The number of amides is 1. The van der Waals surface area contributed by atoms with Crippen LogP contribution in [-0.2, 0) is 9.53 Å². The normalized spacial score (nSPS) is 11.6. The minimum absolute atomic E-state index is 0.400. The van der Waals surface area contributed by atoms with E-state index in [4.69, 9.17) is 10.5 Å². The lowest BCUT2D eigenvalue weighted by Crippen LogP contribution is -2.40. The van der Waals surface area contributed by atoms with Gasteiger partial charge in [0.15, 0.2) is 0 Å². The lowest BCUT2D eigenvalue weighted by Gasteiger charge is -2.21. The molecule has 0 atom stereocenters. The summed E-state index contributed by atoms with van der Waals surface area (Å²) in [5.41, 5.74) is 4.33. The zero-order valence-corrected chi connectivity index (χ0v) is 8.93. The Kier molecular flexibility index (Phi) is 5.71. The summed E-state index contributed by atoms with van der Waals surface area (Å²) >= 11 is 0. The molecule has 0 heterocycles. The predicted molar refractivity (Wildman–Crippen MR) is 53.4 cm³/mol. The van der Waals surface area contributed by atoms with E-state index in [0.717, 1.165) is 12.8 Å². The van der Waals surface area contributed by atoms with Crippen LogP contribution in [0.3, 0.4) is 0 Å². The third-order valence-electron chi connectivity index (χ3n) is 2.05. The molecule has 78 valence electrons. The van der Waals surface area contributed by atoms with E-state index in [9.17, 15) is 4.79 Å². The van der Waals surface area contributed by atoms with E-state index in [1.54, 1.807) is 13.8 Å². The second-order valence-electron chi connectivity index (χ2n) is 3.78. The molecule has 3 nitrogen and oxygen atoms in total. The van der Waals surface area contributed by atoms with Crippen molar-refractivity contribution in [3.05, 3.63) is 0 Å². The van der Waals surface area contributed by atoms with Crippen LogP contribution >= 0.6 is 0 Å². The maximum Gasteiger partial charge on any atom is 0.249 e. The quantitative estimate of drug-likeness (QED) is 0.618. The van der Waals surface area contributed by atoms with Gasteiger partial charge in [-0.2, -0.15) is 0 Å². The maximum atomic E-state index is 10.8. The number of hydrogen-bond acceptors (Lipinski definition) is 2. The molecule has 13 heavy (non-hydrogen) atoms. The van der Waals surface area contributed by atoms with Gasteiger partial charge in [0.25, 0.3) is 0 Å². The summed E-state index contributed by atoms with van der Waals surface area (Å²) in [6.07, 6.45) is 4.59. The monoisotopic (exact) mass is 187 g/mol. The van der Waals surface area contributed by atoms with Gasteiger partial charge in [-0.05, 0) is 20.3 Å². The van der Waals surface area contributed by atoms with Crippen molar-refractivity contribution >= 4 is 5.91 Å². The molecule has 0 aromatic rings. The van der Waals surface area contributed by atoms with Gasteiger partial charge in [0.05, 0.1) is 0 Å². The van der Waals surface area contributed by atoms with Crippen LogP contribution in [0.25, 0.3) is 0 Å². The Morgan fingerprint density at radius 3 is 2.38 bits per heavy atom. The Hall–Kier alpha value is -0.570. The number of nitrogens with two attached hydrogens (primary N) is 1. The van der Waals surface area contributed by atoms with Crippen molar-refractivity contribution < 1.29 is 9.53 Å². The van der Waals surface area contributed by atoms with Crippen LogP contribution in [0.2, 0.25) is 0 Å². The van der Waals surface area contributed by atoms with E-state index in [0.29, 0.717) is 6.61 Å². The predicted octanol–water partition coefficient (Wildman–Crippen LogP) is 1.85. The highest BCUT2D eigenvalue weighted by atomic mass is 16.5. The van der Waals surface area contributed by atoms with E-state index in [1.807, 2.05) is 0 Å². The molecule has 0 saturated heterocycles. The molecule has 0 aliphatic carbocycles. The van der Waals surface area contributed by atoms with Crippen LogP contribution in [0.5, 0.6) is 0 Å². The van der Waals surface area contributed by atoms with Gasteiger partial charge >= 0.3 is 0 Å². The van der Waals surface area contributed by atoms with Gasteiger partial charge in [0, 0.05) is 6.61 Å². The number of primary amides is 1. The molecular formula is C10H21NO2. The van der Waals surface area contributed by atoms with Crippen LogP contribution in [0.4, 0.5) is 0 Å². The molecule has 0 saturated carbocycles. The smallest absolute Gasteiger partial charge is 0.249 e. The van der Waals surface area contributed by atoms with Crippen molar-refractivity contribution in [3.63, 3.8) is 0 Å². The SMILES string of the molecule is CCCCCCOC(C)(C)C(N)=O. The summed E-state index contributed by atoms with van der Waals surface area (Å²) in [6, 6.07) is 0. The van der Waals surface area contributed by atoms with Crippen molar-refractivity contribution in [1.82, 2.24) is 0 Å². The molecule has 0 spiro atoms. The minimum Gasteiger partial charge on any atom is -0.367 e. The first kappa shape index (κ1) is 12.4. The third kappa shape index (κ3) is 5.64. The van der Waals surface area contributed by atoms with Gasteiger partial charge in [-0.1, -0.05) is 26.2 Å². The van der Waals surface area contributed by atoms with Crippen molar-refractivity contribution in [2.45, 2.75) is 52.1 Å². The van der Waals surface area contributed by atoms with Gasteiger partial charge in [-0.15, -0.1) is 0 Å². The van der Waals surface area contributed by atoms with Crippen molar-refractivity contribution in [2.75, 3.05) is 6.61 Å². The van der Waals surface area contributed by atoms with Crippen LogP contribution in [0, 0.1) is 0 Å². The molecule has 0 radical (unpaired) electrons. The summed E-state index contributed by atoms with van der Waals surface area (Å²) < 4.78 is 5.36. The van der Waals surface area contributed by atoms with Crippen LogP contribution in [0.1, 0.15) is 46.5 Å². The second-order valence-corrected chi connectivity index (χ2v) is 3.78. The molecule has 0 aromatic heterocycles. The van der Waals surface area contributed by atoms with Gasteiger partial charge in [0.1, 0.15) is 5.60 Å². The Labute approximate surface area is 80.6 Å². The first-order valence-corrected chi connectivity index (χ1v) is 4.94. The van der Waals surface area contributed by atoms with Crippen molar-refractivity contribution in [2.24, 2.45) is 5.73 Å². The summed E-state index contributed by atoms with van der Waals surface area (Å²) in [5, 5.41) is 0. The Morgan fingerprint density at radius 1 is 1.31 bits per heavy atom. The van der Waals surface area contributed by atoms with Crippen LogP contribution in [0.15, 0.2) is 0 Å². The fraction of sp³-hybridized carbons (Fsp3) is 0.900. The van der Waals surface area contributed by atoms with Gasteiger partial charge in [0.2, 0.25) is 5.91 Å². The highest BCUT2D eigenvalue weighted by molar-refractivity contribution is 5.82. The average molecular weight is 187 g/mol.